The molecular weight excluding hydrogens is 1300 g/mol. The Morgan fingerprint density at radius 1 is 0.377 bits per heavy atom. The van der Waals surface area contributed by atoms with Gasteiger partial charge in [0.2, 0.25) is 0 Å². The third-order valence-corrected chi connectivity index (χ3v) is 12.9. The zero-order valence-electron chi connectivity index (χ0n) is 41.4. The summed E-state index contributed by atoms with van der Waals surface area (Å²) in [6.07, 6.45) is 1.74. The van der Waals surface area contributed by atoms with Crippen molar-refractivity contribution in [2.75, 3.05) is 0 Å². The quantitative estimate of drug-likeness (QED) is 0.128. The van der Waals surface area contributed by atoms with Gasteiger partial charge in [-0.15, -0.1) is 57.7 Å². The van der Waals surface area contributed by atoms with Crippen LogP contribution in [0, 0.1) is 32.2 Å². The number of nitrogens with zero attached hydrogens (tertiary/aromatic N) is 8. The van der Waals surface area contributed by atoms with Crippen molar-refractivity contribution in [3.63, 3.8) is 0 Å². The fourth-order valence-electron chi connectivity index (χ4n) is 9.41. The van der Waals surface area contributed by atoms with Crippen LogP contribution < -0.4 is 0 Å². The molecule has 2 radical (unpaired) electrons. The third-order valence-electron chi connectivity index (χ3n) is 12.9. The Balaban J connectivity index is 0.000000183. The molecule has 0 aliphatic rings. The maximum atomic E-state index is 7.49. The molecule has 0 saturated carbocycles. The number of rotatable bonds is 10. The van der Waals surface area contributed by atoms with Crippen LogP contribution in [0.15, 0.2) is 249 Å². The second kappa shape index (κ2) is 24.4. The Labute approximate surface area is 475 Å². The molecule has 0 bridgehead atoms. The van der Waals surface area contributed by atoms with Crippen molar-refractivity contribution in [1.29, 1.82) is 0 Å². The number of hydrogen-bond donors (Lipinski definition) is 0. The smallest absolute Gasteiger partial charge is 0.125 e. The van der Waals surface area contributed by atoms with Gasteiger partial charge >= 0.3 is 0 Å². The Kier molecular flexibility index (Phi) is 16.7. The first-order valence-electron chi connectivity index (χ1n) is 24.3. The molecular formula is C67H44Ir2N8-2. The molecule has 0 fully saturated rings. The van der Waals surface area contributed by atoms with Gasteiger partial charge < -0.3 is 9.13 Å². The summed E-state index contributed by atoms with van der Waals surface area (Å²) < 4.78 is 4.11. The molecule has 77 heavy (non-hydrogen) atoms. The second-order valence-electron chi connectivity index (χ2n) is 17.6. The van der Waals surface area contributed by atoms with E-state index in [0.717, 1.165) is 95.1 Å². The van der Waals surface area contributed by atoms with Crippen molar-refractivity contribution in [3.05, 3.63) is 290 Å². The summed E-state index contributed by atoms with van der Waals surface area (Å²) in [5, 5.41) is 17.8. The van der Waals surface area contributed by atoms with Gasteiger partial charge in [0, 0.05) is 62.5 Å². The molecule has 12 rings (SSSR count). The minimum atomic E-state index is 0. The van der Waals surface area contributed by atoms with Gasteiger partial charge in [-0.05, 0) is 75.7 Å². The first-order chi connectivity index (χ1) is 37.0. The van der Waals surface area contributed by atoms with Crippen molar-refractivity contribution in [1.82, 2.24) is 29.5 Å². The van der Waals surface area contributed by atoms with E-state index in [4.69, 9.17) is 13.1 Å². The van der Waals surface area contributed by atoms with Gasteiger partial charge in [-0.25, -0.2) is 0 Å². The number of benzene rings is 10. The standard InChI is InChI=1S/C34H23N4.C33H21N4.2Ir/c1-24-36-37-34(28-19-12-20-30(21-28)35-2)38(24)33-31(26-15-8-4-9-16-26)22-29(25-13-6-3-7-14-25)23-32(33)27-17-10-5-11-18-27;1-34-29-19-11-18-27(20-29)33-36-35-23-37(33)32-30(25-14-7-3-8-15-25)21-28(24-12-5-2-6-13-24)22-31(32)26-16-9-4-10-17-26;;/h3-18,20-23H,1H3;2-17,19-23H;;/q2*-1;;. The molecule has 2 aromatic heterocycles. The topological polar surface area (TPSA) is 70.1 Å². The van der Waals surface area contributed by atoms with Crippen LogP contribution in [0.2, 0.25) is 0 Å². The van der Waals surface area contributed by atoms with Crippen molar-refractivity contribution in [2.45, 2.75) is 6.92 Å². The van der Waals surface area contributed by atoms with Gasteiger partial charge in [0.15, 0.2) is 0 Å². The van der Waals surface area contributed by atoms with Crippen LogP contribution in [0.3, 0.4) is 0 Å². The fraction of sp³-hybridized carbons (Fsp3) is 0.0149. The zero-order valence-corrected chi connectivity index (χ0v) is 46.2. The number of aryl methyl sites for hydroxylation is 1. The predicted octanol–water partition coefficient (Wildman–Crippen LogP) is 16.9. The van der Waals surface area contributed by atoms with E-state index in [1.165, 1.54) is 0 Å². The summed E-state index contributed by atoms with van der Waals surface area (Å²) in [5.41, 5.74) is 17.6. The molecule has 0 spiro atoms. The summed E-state index contributed by atoms with van der Waals surface area (Å²) in [7, 11) is 0. The molecule has 8 nitrogen and oxygen atoms in total. The Bertz CT molecular complexity index is 3900. The number of aromatic nitrogens is 6. The van der Waals surface area contributed by atoms with Gasteiger partial charge in [0.05, 0.1) is 36.2 Å². The molecule has 0 atom stereocenters. The summed E-state index contributed by atoms with van der Waals surface area (Å²) in [4.78, 5) is 7.21. The molecule has 12 aromatic rings. The fourth-order valence-corrected chi connectivity index (χ4v) is 9.41. The van der Waals surface area contributed by atoms with E-state index in [9.17, 15) is 0 Å². The van der Waals surface area contributed by atoms with Gasteiger partial charge in [0.1, 0.15) is 23.5 Å². The van der Waals surface area contributed by atoms with E-state index >= 15 is 0 Å². The van der Waals surface area contributed by atoms with Crippen LogP contribution in [0.4, 0.5) is 11.4 Å². The molecule has 0 aliphatic heterocycles. The summed E-state index contributed by atoms with van der Waals surface area (Å²) in [6.45, 7) is 16.9. The molecule has 0 saturated heterocycles. The predicted molar refractivity (Wildman–Crippen MR) is 301 cm³/mol. The zero-order chi connectivity index (χ0) is 50.9. The van der Waals surface area contributed by atoms with Crippen molar-refractivity contribution in [2.24, 2.45) is 0 Å². The van der Waals surface area contributed by atoms with E-state index in [1.54, 1.807) is 36.7 Å². The van der Waals surface area contributed by atoms with Crippen LogP contribution >= 0.6 is 0 Å². The minimum absolute atomic E-state index is 0. The van der Waals surface area contributed by atoms with E-state index < -0.39 is 0 Å². The van der Waals surface area contributed by atoms with E-state index in [1.807, 2.05) is 54.0 Å². The Morgan fingerprint density at radius 2 is 0.727 bits per heavy atom. The summed E-state index contributed by atoms with van der Waals surface area (Å²) in [6, 6.07) is 88.6. The van der Waals surface area contributed by atoms with Gasteiger partial charge in [-0.3, -0.25) is 9.69 Å². The molecule has 0 unspecified atom stereocenters. The summed E-state index contributed by atoms with van der Waals surface area (Å²) >= 11 is 0. The van der Waals surface area contributed by atoms with Crippen LogP contribution in [-0.4, -0.2) is 29.5 Å². The summed E-state index contributed by atoms with van der Waals surface area (Å²) in [5.74, 6) is 2.03. The SMILES string of the molecule is [C-]#[N+]c1cc[c-]c(-c2nnc(C)n2-c2c(-c3ccccc3)cc(-c3ccccc3)cc2-c2ccccc2)c1.[C-]#[N+]c1cc[c-]c(-c2nncn2-c2c(-c3ccccc3)cc(-c3ccccc3)cc2-c2ccccc2)c1.[Ir].[Ir]. The normalized spacial score (nSPS) is 10.4. The van der Waals surface area contributed by atoms with Crippen LogP contribution in [-0.2, 0) is 40.2 Å². The molecule has 372 valence electrons. The maximum absolute atomic E-state index is 7.49. The minimum Gasteiger partial charge on any atom is -0.322 e. The molecule has 0 N–H and O–H groups in total. The Morgan fingerprint density at radius 3 is 1.10 bits per heavy atom. The maximum Gasteiger partial charge on any atom is 0.125 e. The number of hydrogen-bond acceptors (Lipinski definition) is 4. The average molecular weight is 1350 g/mol. The van der Waals surface area contributed by atoms with Crippen molar-refractivity contribution < 1.29 is 40.2 Å². The van der Waals surface area contributed by atoms with Crippen LogP contribution in [0.1, 0.15) is 5.82 Å². The molecule has 10 heteroatoms. The average Bonchev–Trinajstić information content (AvgIpc) is 4.16. The molecule has 0 amide bonds. The Hall–Kier alpha value is -9.24. The largest absolute Gasteiger partial charge is 0.322 e. The second-order valence-corrected chi connectivity index (χ2v) is 17.6. The monoisotopic (exact) mass is 1350 g/mol. The van der Waals surface area contributed by atoms with Crippen molar-refractivity contribution in [3.8, 4) is 101 Å². The van der Waals surface area contributed by atoms with Crippen LogP contribution in [0.25, 0.3) is 111 Å². The van der Waals surface area contributed by atoms with Gasteiger partial charge in [-0.2, -0.15) is 22.3 Å². The van der Waals surface area contributed by atoms with E-state index in [0.29, 0.717) is 23.0 Å². The first-order valence-corrected chi connectivity index (χ1v) is 24.3. The van der Waals surface area contributed by atoms with E-state index in [-0.39, 0.29) is 40.2 Å². The van der Waals surface area contributed by atoms with Crippen LogP contribution in [0.5, 0.6) is 0 Å². The molecule has 10 aromatic carbocycles. The molecule has 2 heterocycles. The van der Waals surface area contributed by atoms with Gasteiger partial charge in [-0.1, -0.05) is 182 Å². The van der Waals surface area contributed by atoms with E-state index in [2.05, 4.69) is 217 Å². The first kappa shape index (κ1) is 52.6. The molecule has 0 aliphatic carbocycles. The third kappa shape index (κ3) is 11.2. The van der Waals surface area contributed by atoms with Gasteiger partial charge in [0.25, 0.3) is 0 Å². The van der Waals surface area contributed by atoms with Crippen molar-refractivity contribution >= 4 is 11.4 Å².